The molecular formula is C22H20N2. The number of aromatic nitrogens is 1. The highest BCUT2D eigenvalue weighted by Gasteiger charge is 2.11. The van der Waals surface area contributed by atoms with Crippen LogP contribution in [-0.4, -0.2) is 4.98 Å². The molecule has 0 fully saturated rings. The number of anilines is 1. The summed E-state index contributed by atoms with van der Waals surface area (Å²) in [7, 11) is 0. The summed E-state index contributed by atoms with van der Waals surface area (Å²) in [6, 6.07) is 23.0. The molecule has 0 aliphatic rings. The van der Waals surface area contributed by atoms with Gasteiger partial charge < -0.3 is 5.73 Å². The molecular weight excluding hydrogens is 292 g/mol. The first-order valence-electron chi connectivity index (χ1n) is 8.32. The summed E-state index contributed by atoms with van der Waals surface area (Å²) in [4.78, 5) is 5.00. The molecule has 24 heavy (non-hydrogen) atoms. The topological polar surface area (TPSA) is 38.9 Å². The fourth-order valence-electron chi connectivity index (χ4n) is 3.22. The maximum Gasteiger partial charge on any atom is 0.0788 e. The number of nitrogen functional groups attached to an aromatic ring is 1. The van der Waals surface area contributed by atoms with Gasteiger partial charge in [0, 0.05) is 22.0 Å². The number of rotatable bonds is 2. The predicted octanol–water partition coefficient (Wildman–Crippen LogP) is 5.76. The van der Waals surface area contributed by atoms with Crippen LogP contribution in [0.15, 0.2) is 66.7 Å². The van der Waals surface area contributed by atoms with Crippen molar-refractivity contribution < 1.29 is 0 Å². The second-order valence-corrected chi connectivity index (χ2v) is 6.56. The minimum absolute atomic E-state index is 0.485. The molecule has 4 aromatic rings. The van der Waals surface area contributed by atoms with Crippen LogP contribution in [-0.2, 0) is 0 Å². The van der Waals surface area contributed by atoms with Gasteiger partial charge in [0.2, 0.25) is 0 Å². The van der Waals surface area contributed by atoms with E-state index in [1.54, 1.807) is 0 Å². The molecule has 0 radical (unpaired) electrons. The van der Waals surface area contributed by atoms with Gasteiger partial charge in [0.1, 0.15) is 0 Å². The van der Waals surface area contributed by atoms with Crippen molar-refractivity contribution in [1.82, 2.24) is 4.98 Å². The van der Waals surface area contributed by atoms with E-state index in [0.717, 1.165) is 27.8 Å². The fourth-order valence-corrected chi connectivity index (χ4v) is 3.22. The second-order valence-electron chi connectivity index (χ2n) is 6.56. The molecule has 0 saturated heterocycles. The smallest absolute Gasteiger partial charge is 0.0788 e. The highest BCUT2D eigenvalue weighted by atomic mass is 14.7. The predicted molar refractivity (Wildman–Crippen MR) is 103 cm³/mol. The Kier molecular flexibility index (Phi) is 3.46. The lowest BCUT2D eigenvalue weighted by Crippen LogP contribution is -1.94. The molecule has 4 rings (SSSR count). The van der Waals surface area contributed by atoms with Crippen LogP contribution in [0.3, 0.4) is 0 Å². The summed E-state index contributed by atoms with van der Waals surface area (Å²) in [5, 5.41) is 3.48. The third-order valence-electron chi connectivity index (χ3n) is 4.56. The van der Waals surface area contributed by atoms with Crippen molar-refractivity contribution >= 4 is 27.4 Å². The summed E-state index contributed by atoms with van der Waals surface area (Å²) in [5.74, 6) is 0.485. The van der Waals surface area contributed by atoms with Crippen LogP contribution < -0.4 is 5.73 Å². The number of hydrogen-bond acceptors (Lipinski definition) is 2. The van der Waals surface area contributed by atoms with Crippen molar-refractivity contribution in [2.24, 2.45) is 0 Å². The van der Waals surface area contributed by atoms with E-state index in [1.165, 1.54) is 16.3 Å². The largest absolute Gasteiger partial charge is 0.399 e. The Balaban J connectivity index is 2.13. The third kappa shape index (κ3) is 2.41. The molecule has 1 aromatic heterocycles. The van der Waals surface area contributed by atoms with E-state index in [0.29, 0.717) is 5.92 Å². The third-order valence-corrected chi connectivity index (χ3v) is 4.56. The lowest BCUT2D eigenvalue weighted by molar-refractivity contribution is 0.868. The van der Waals surface area contributed by atoms with E-state index in [9.17, 15) is 0 Å². The maximum absolute atomic E-state index is 6.05. The van der Waals surface area contributed by atoms with Crippen LogP contribution in [0.4, 0.5) is 5.69 Å². The number of pyridine rings is 1. The SMILES string of the molecule is CC(C)c1ccc2c(c1)nc(-c1ccccc1)c1cc(N)ccc12. The minimum atomic E-state index is 0.485. The molecule has 0 saturated carbocycles. The van der Waals surface area contributed by atoms with Gasteiger partial charge in [-0.15, -0.1) is 0 Å². The fraction of sp³-hybridized carbons (Fsp3) is 0.136. The number of benzene rings is 3. The highest BCUT2D eigenvalue weighted by Crippen LogP contribution is 2.34. The monoisotopic (exact) mass is 312 g/mol. The number of nitrogens with two attached hydrogens (primary N) is 1. The van der Waals surface area contributed by atoms with Crippen LogP contribution in [0.2, 0.25) is 0 Å². The molecule has 0 bridgehead atoms. The standard InChI is InChI=1S/C22H20N2/c1-14(2)16-8-10-19-18-11-9-17(23)13-20(18)22(24-21(19)12-16)15-6-4-3-5-7-15/h3-14H,23H2,1-2H3. The van der Waals surface area contributed by atoms with E-state index < -0.39 is 0 Å². The van der Waals surface area contributed by atoms with Crippen molar-refractivity contribution in [3.63, 3.8) is 0 Å². The van der Waals surface area contributed by atoms with E-state index in [1.807, 2.05) is 30.3 Å². The Bertz CT molecular complexity index is 1030. The molecule has 2 nitrogen and oxygen atoms in total. The van der Waals surface area contributed by atoms with E-state index >= 15 is 0 Å². The lowest BCUT2D eigenvalue weighted by atomic mass is 9.96. The van der Waals surface area contributed by atoms with Crippen molar-refractivity contribution in [2.75, 3.05) is 5.73 Å². The number of fused-ring (bicyclic) bond motifs is 3. The molecule has 3 aromatic carbocycles. The van der Waals surface area contributed by atoms with Crippen molar-refractivity contribution in [1.29, 1.82) is 0 Å². The Morgan fingerprint density at radius 3 is 2.29 bits per heavy atom. The quantitative estimate of drug-likeness (QED) is 0.377. The van der Waals surface area contributed by atoms with Crippen molar-refractivity contribution in [3.05, 3.63) is 72.3 Å². The Morgan fingerprint density at radius 1 is 0.792 bits per heavy atom. The van der Waals surface area contributed by atoms with E-state index in [-0.39, 0.29) is 0 Å². The minimum Gasteiger partial charge on any atom is -0.399 e. The molecule has 0 spiro atoms. The Morgan fingerprint density at radius 2 is 1.54 bits per heavy atom. The van der Waals surface area contributed by atoms with Gasteiger partial charge in [-0.25, -0.2) is 4.98 Å². The molecule has 1 heterocycles. The second kappa shape index (κ2) is 5.64. The van der Waals surface area contributed by atoms with Crippen LogP contribution >= 0.6 is 0 Å². The summed E-state index contributed by atoms with van der Waals surface area (Å²) >= 11 is 0. The van der Waals surface area contributed by atoms with Crippen molar-refractivity contribution in [3.8, 4) is 11.3 Å². The lowest BCUT2D eigenvalue weighted by Gasteiger charge is -2.13. The van der Waals surface area contributed by atoms with Crippen molar-refractivity contribution in [2.45, 2.75) is 19.8 Å². The summed E-state index contributed by atoms with van der Waals surface area (Å²) in [6.07, 6.45) is 0. The van der Waals surface area contributed by atoms with E-state index in [2.05, 4.69) is 50.2 Å². The molecule has 0 aliphatic carbocycles. The molecule has 0 aliphatic heterocycles. The van der Waals surface area contributed by atoms with Crippen LogP contribution in [0.1, 0.15) is 25.3 Å². The van der Waals surface area contributed by atoms with Gasteiger partial charge in [-0.3, -0.25) is 0 Å². The number of hydrogen-bond donors (Lipinski definition) is 1. The zero-order valence-electron chi connectivity index (χ0n) is 14.0. The van der Waals surface area contributed by atoms with Gasteiger partial charge in [0.15, 0.2) is 0 Å². The van der Waals surface area contributed by atoms with Gasteiger partial charge in [-0.05, 0) is 35.1 Å². The average molecular weight is 312 g/mol. The number of nitrogens with zero attached hydrogens (tertiary/aromatic N) is 1. The van der Waals surface area contributed by atoms with Gasteiger partial charge in [0.05, 0.1) is 11.2 Å². The average Bonchev–Trinajstić information content (AvgIpc) is 2.61. The van der Waals surface area contributed by atoms with Crippen LogP contribution in [0, 0.1) is 0 Å². The highest BCUT2D eigenvalue weighted by molar-refractivity contribution is 6.11. The Hall–Kier alpha value is -2.87. The molecule has 0 amide bonds. The normalized spacial score (nSPS) is 11.5. The van der Waals surface area contributed by atoms with Crippen LogP contribution in [0.25, 0.3) is 32.9 Å². The molecule has 2 N–H and O–H groups in total. The first-order chi connectivity index (χ1) is 11.6. The molecule has 0 atom stereocenters. The molecule has 0 unspecified atom stereocenters. The van der Waals surface area contributed by atoms with E-state index in [4.69, 9.17) is 10.7 Å². The van der Waals surface area contributed by atoms with Gasteiger partial charge in [0.25, 0.3) is 0 Å². The summed E-state index contributed by atoms with van der Waals surface area (Å²) in [6.45, 7) is 4.42. The van der Waals surface area contributed by atoms with Crippen LogP contribution in [0.5, 0.6) is 0 Å². The first-order valence-corrected chi connectivity index (χ1v) is 8.32. The van der Waals surface area contributed by atoms with Gasteiger partial charge in [-0.2, -0.15) is 0 Å². The first kappa shape index (κ1) is 14.7. The zero-order chi connectivity index (χ0) is 16.7. The van der Waals surface area contributed by atoms with Gasteiger partial charge >= 0.3 is 0 Å². The molecule has 2 heteroatoms. The summed E-state index contributed by atoms with van der Waals surface area (Å²) in [5.41, 5.74) is 11.3. The van der Waals surface area contributed by atoms with Gasteiger partial charge in [-0.1, -0.05) is 62.4 Å². The maximum atomic E-state index is 6.05. The zero-order valence-corrected chi connectivity index (χ0v) is 14.0. The summed E-state index contributed by atoms with van der Waals surface area (Å²) < 4.78 is 0. The Labute approximate surface area is 142 Å². The molecule has 118 valence electrons.